The molecule has 5 rings (SSSR count). The number of hydrogen-bond donors (Lipinski definition) is 6. The molecule has 6 N–H and O–H groups in total. The minimum Gasteiger partial charge on any atom is -0.481 e. The molecular formula is C73H96O10. The number of benzene rings is 5. The standard InChI is InChI=1S/C20H28O3.C15H22O2.C15H20O2.C15H18O2.C8H8O/c1-2-3-5-12-19(21)15-14-18-11-8-10-17(16-18)9-6-4-7-13-20(22)23;3*1-2-3-4-8-15(17)10-9-13-6-5-7-14(11-13)12-16;1-7-3-2-4-8(5-7)6-9/h6,8-11,14-16,19,21H,2-5,7,12-13H2,1H3,(H,22,23);5-7,9-11,15-17H,2-4,8,12H2,1H3;5-7,9-12,15,17H,2-4,8H2,1H3;5-7,11-12,15,17H,2-4,8H2,1H3;2-6H,1H3/b9-6-,15-14+;2*10-9+;;. The van der Waals surface area contributed by atoms with Gasteiger partial charge in [-0.05, 0) is 116 Å². The van der Waals surface area contributed by atoms with Crippen LogP contribution < -0.4 is 0 Å². The Bertz CT molecular complexity index is 2710. The third-order valence-corrected chi connectivity index (χ3v) is 12.7. The summed E-state index contributed by atoms with van der Waals surface area (Å²) in [7, 11) is 0. The van der Waals surface area contributed by atoms with Crippen LogP contribution in [0, 0.1) is 18.8 Å². The average molecular weight is 1130 g/mol. The summed E-state index contributed by atoms with van der Waals surface area (Å²) in [6, 6.07) is 37.7. The highest BCUT2D eigenvalue weighted by Crippen LogP contribution is 2.15. The van der Waals surface area contributed by atoms with Crippen LogP contribution in [0.15, 0.2) is 146 Å². The second-order valence-corrected chi connectivity index (χ2v) is 20.4. The molecule has 10 nitrogen and oxygen atoms in total. The number of aliphatic carboxylic acids is 1. The summed E-state index contributed by atoms with van der Waals surface area (Å²) in [5, 5.41) is 56.6. The fourth-order valence-electron chi connectivity index (χ4n) is 7.91. The number of carboxylic acids is 1. The summed E-state index contributed by atoms with van der Waals surface area (Å²) in [6.45, 7) is 10.6. The first-order chi connectivity index (χ1) is 40.2. The molecule has 0 heterocycles. The third-order valence-electron chi connectivity index (χ3n) is 12.7. The number of aldehydes is 3. The molecule has 5 aromatic carbocycles. The van der Waals surface area contributed by atoms with E-state index in [-0.39, 0.29) is 31.3 Å². The Morgan fingerprint density at radius 3 is 1.31 bits per heavy atom. The highest BCUT2D eigenvalue weighted by atomic mass is 16.4. The van der Waals surface area contributed by atoms with Gasteiger partial charge in [0.1, 0.15) is 25.0 Å². The summed E-state index contributed by atoms with van der Waals surface area (Å²) in [5.41, 5.74) is 8.92. The van der Waals surface area contributed by atoms with Crippen molar-refractivity contribution >= 4 is 49.1 Å². The Hall–Kier alpha value is -7.10. The number of carboxylic acid groups (broad SMARTS) is 1. The van der Waals surface area contributed by atoms with Crippen molar-refractivity contribution in [2.45, 2.75) is 188 Å². The third kappa shape index (κ3) is 40.7. The van der Waals surface area contributed by atoms with Gasteiger partial charge in [0.2, 0.25) is 0 Å². The highest BCUT2D eigenvalue weighted by molar-refractivity contribution is 5.77. The van der Waals surface area contributed by atoms with E-state index in [2.05, 4.69) is 45.6 Å². The Morgan fingerprint density at radius 2 is 0.867 bits per heavy atom. The molecule has 0 radical (unpaired) electrons. The van der Waals surface area contributed by atoms with E-state index in [4.69, 9.17) is 10.2 Å². The number of hydrogen-bond acceptors (Lipinski definition) is 9. The largest absolute Gasteiger partial charge is 0.481 e. The van der Waals surface area contributed by atoms with Crippen molar-refractivity contribution in [3.05, 3.63) is 201 Å². The Labute approximate surface area is 497 Å². The molecule has 4 atom stereocenters. The first kappa shape index (κ1) is 73.9. The molecule has 0 bridgehead atoms. The van der Waals surface area contributed by atoms with Gasteiger partial charge in [0.15, 0.2) is 0 Å². The number of carbonyl (C=O) groups is 4. The number of unbranched alkanes of at least 4 members (excludes halogenated alkanes) is 9. The summed E-state index contributed by atoms with van der Waals surface area (Å²) < 4.78 is 0. The van der Waals surface area contributed by atoms with Crippen LogP contribution in [0.5, 0.6) is 0 Å². The van der Waals surface area contributed by atoms with Crippen molar-refractivity contribution < 1.29 is 49.8 Å². The fraction of sp³-hybridized carbons (Fsp3) is 0.397. The molecule has 5 aromatic rings. The van der Waals surface area contributed by atoms with E-state index in [0.29, 0.717) is 24.0 Å². The molecule has 0 amide bonds. The van der Waals surface area contributed by atoms with Crippen LogP contribution in [0.4, 0.5) is 0 Å². The maximum absolute atomic E-state index is 10.6. The fourth-order valence-corrected chi connectivity index (χ4v) is 7.91. The molecule has 0 saturated carbocycles. The predicted molar refractivity (Wildman–Crippen MR) is 344 cm³/mol. The quantitative estimate of drug-likeness (QED) is 0.0141. The maximum atomic E-state index is 10.6. The molecule has 448 valence electrons. The first-order valence-corrected chi connectivity index (χ1v) is 29.8. The van der Waals surface area contributed by atoms with Gasteiger partial charge >= 0.3 is 5.97 Å². The van der Waals surface area contributed by atoms with Crippen LogP contribution in [0.3, 0.4) is 0 Å². The summed E-state index contributed by atoms with van der Waals surface area (Å²) >= 11 is 0. The molecule has 0 spiro atoms. The molecule has 0 fully saturated rings. The molecule has 0 aromatic heterocycles. The van der Waals surface area contributed by atoms with Gasteiger partial charge < -0.3 is 30.6 Å². The van der Waals surface area contributed by atoms with E-state index in [1.165, 1.54) is 12.8 Å². The van der Waals surface area contributed by atoms with Crippen molar-refractivity contribution in [3.63, 3.8) is 0 Å². The lowest BCUT2D eigenvalue weighted by Gasteiger charge is -2.04. The molecule has 0 saturated heterocycles. The lowest BCUT2D eigenvalue weighted by Crippen LogP contribution is -2.02. The van der Waals surface area contributed by atoms with Crippen LogP contribution >= 0.6 is 0 Å². The van der Waals surface area contributed by atoms with Gasteiger partial charge in [-0.15, -0.1) is 0 Å². The van der Waals surface area contributed by atoms with Gasteiger partial charge in [-0.1, -0.05) is 249 Å². The van der Waals surface area contributed by atoms with Gasteiger partial charge in [-0.3, -0.25) is 19.2 Å². The van der Waals surface area contributed by atoms with Crippen LogP contribution in [-0.2, 0) is 11.4 Å². The summed E-state index contributed by atoms with van der Waals surface area (Å²) in [4.78, 5) is 41.8. The van der Waals surface area contributed by atoms with Crippen molar-refractivity contribution in [2.75, 3.05) is 0 Å². The molecule has 0 aliphatic heterocycles. The highest BCUT2D eigenvalue weighted by Gasteiger charge is 2.03. The van der Waals surface area contributed by atoms with Crippen molar-refractivity contribution in [2.24, 2.45) is 0 Å². The Morgan fingerprint density at radius 1 is 0.470 bits per heavy atom. The van der Waals surface area contributed by atoms with Crippen LogP contribution in [0.1, 0.15) is 220 Å². The van der Waals surface area contributed by atoms with E-state index in [0.717, 1.165) is 153 Å². The second kappa shape index (κ2) is 49.5. The van der Waals surface area contributed by atoms with Gasteiger partial charge in [-0.25, -0.2) is 0 Å². The smallest absolute Gasteiger partial charge is 0.303 e. The normalized spacial score (nSPS) is 12.2. The molecule has 83 heavy (non-hydrogen) atoms. The average Bonchev–Trinajstić information content (AvgIpc) is 3.50. The van der Waals surface area contributed by atoms with Crippen molar-refractivity contribution in [1.82, 2.24) is 0 Å². The Balaban J connectivity index is 0.000000530. The van der Waals surface area contributed by atoms with E-state index < -0.39 is 12.1 Å². The van der Waals surface area contributed by atoms with Crippen molar-refractivity contribution in [1.29, 1.82) is 0 Å². The van der Waals surface area contributed by atoms with Gasteiger partial charge in [0, 0.05) is 28.7 Å². The summed E-state index contributed by atoms with van der Waals surface area (Å²) in [5.74, 6) is 4.94. The monoisotopic (exact) mass is 1130 g/mol. The van der Waals surface area contributed by atoms with Gasteiger partial charge in [0.05, 0.1) is 24.9 Å². The minimum atomic E-state index is -0.747. The molecule has 0 aliphatic rings. The number of allylic oxidation sites excluding steroid dienone is 1. The number of aryl methyl sites for hydroxylation is 1. The second-order valence-electron chi connectivity index (χ2n) is 20.4. The van der Waals surface area contributed by atoms with Crippen molar-refractivity contribution in [3.8, 4) is 11.8 Å². The van der Waals surface area contributed by atoms with E-state index in [1.54, 1.807) is 36.4 Å². The van der Waals surface area contributed by atoms with Crippen LogP contribution in [-0.4, -0.2) is 79.9 Å². The number of rotatable bonds is 31. The van der Waals surface area contributed by atoms with Crippen LogP contribution in [0.2, 0.25) is 0 Å². The number of carbonyl (C=O) groups excluding carboxylic acids is 3. The van der Waals surface area contributed by atoms with Gasteiger partial charge in [0.25, 0.3) is 0 Å². The van der Waals surface area contributed by atoms with E-state index >= 15 is 0 Å². The predicted octanol–water partition coefficient (Wildman–Crippen LogP) is 16.1. The zero-order valence-electron chi connectivity index (χ0n) is 50.2. The van der Waals surface area contributed by atoms with E-state index in [9.17, 15) is 39.6 Å². The zero-order valence-corrected chi connectivity index (χ0v) is 50.2. The topological polar surface area (TPSA) is 190 Å². The molecule has 10 heteroatoms. The zero-order chi connectivity index (χ0) is 61.1. The number of aliphatic hydroxyl groups is 5. The SMILES string of the molecule is CCCCCC(O)/C=C/c1cccc(/C=C\CCCC(=O)O)c1.CCCCCC(O)/C=C/c1cccc(C=O)c1.CCCCCC(O)/C=C/c1cccc(CO)c1.CCCCCC(O)C#Cc1cccc(C=O)c1.Cc1cccc(C=O)c1. The first-order valence-electron chi connectivity index (χ1n) is 29.8. The molecular weight excluding hydrogens is 1040 g/mol. The Kier molecular flexibility index (Phi) is 44.1. The lowest BCUT2D eigenvalue weighted by molar-refractivity contribution is -0.137. The van der Waals surface area contributed by atoms with Gasteiger partial charge in [-0.2, -0.15) is 0 Å². The number of aliphatic hydroxyl groups excluding tert-OH is 5. The lowest BCUT2D eigenvalue weighted by atomic mass is 10.1. The minimum absolute atomic E-state index is 0.0563. The maximum Gasteiger partial charge on any atom is 0.303 e. The van der Waals surface area contributed by atoms with Crippen LogP contribution in [0.25, 0.3) is 24.3 Å². The summed E-state index contributed by atoms with van der Waals surface area (Å²) in [6.07, 6.45) is 34.2. The molecule has 4 unspecified atom stereocenters. The molecule has 0 aliphatic carbocycles. The van der Waals surface area contributed by atoms with E-state index in [1.807, 2.05) is 134 Å².